The number of anilines is 1. The van der Waals surface area contributed by atoms with Gasteiger partial charge in [-0.25, -0.2) is 0 Å². The highest BCUT2D eigenvalue weighted by Crippen LogP contribution is 2.30. The van der Waals surface area contributed by atoms with E-state index >= 15 is 0 Å². The maximum absolute atomic E-state index is 12.8. The first-order chi connectivity index (χ1) is 12.8. The van der Waals surface area contributed by atoms with Crippen molar-refractivity contribution in [2.45, 2.75) is 18.7 Å². The zero-order valence-corrected chi connectivity index (χ0v) is 14.9. The van der Waals surface area contributed by atoms with Crippen LogP contribution in [0.4, 0.5) is 18.9 Å². The number of carbonyl (C=O) groups is 1. The lowest BCUT2D eigenvalue weighted by molar-refractivity contribution is -0.137. The maximum atomic E-state index is 12.8. The van der Waals surface area contributed by atoms with Gasteiger partial charge in [0.1, 0.15) is 0 Å². The minimum absolute atomic E-state index is 0.164. The van der Waals surface area contributed by atoms with E-state index in [9.17, 15) is 18.0 Å². The summed E-state index contributed by atoms with van der Waals surface area (Å²) in [7, 11) is 1.76. The Labute approximate surface area is 154 Å². The number of aromatic nitrogens is 2. The van der Waals surface area contributed by atoms with Gasteiger partial charge in [-0.1, -0.05) is 18.2 Å². The summed E-state index contributed by atoms with van der Waals surface area (Å²) >= 11 is 0. The van der Waals surface area contributed by atoms with Gasteiger partial charge in [0.15, 0.2) is 0 Å². The molecule has 0 saturated carbocycles. The molecule has 1 aromatic carbocycles. The number of hydrogen-bond acceptors (Lipinski definition) is 4. The van der Waals surface area contributed by atoms with Crippen LogP contribution < -0.4 is 5.32 Å². The van der Waals surface area contributed by atoms with E-state index in [4.69, 9.17) is 4.74 Å². The number of halogens is 3. The highest BCUT2D eigenvalue weighted by atomic mass is 19.4. The molecular formula is C18H21F3N4O2. The standard InChI is InChI=1S/C18H21F3N4O2/c1-24-10-15(9-22-24)23-17(26)12-25-5-6-27-16(11-25)8-13-3-2-4-14(7-13)18(19,20)21/h2-4,7,9-10,16H,5-6,8,11-12H2,1H3,(H,23,26)/t16-/m0/s1. The number of morpholine rings is 1. The normalized spacial score (nSPS) is 18.4. The third kappa shape index (κ3) is 5.54. The topological polar surface area (TPSA) is 59.4 Å². The quantitative estimate of drug-likeness (QED) is 0.862. The zero-order chi connectivity index (χ0) is 19.4. The molecule has 1 aliphatic heterocycles. The van der Waals surface area contributed by atoms with Crippen LogP contribution in [-0.4, -0.2) is 52.9 Å². The predicted molar refractivity (Wildman–Crippen MR) is 93.2 cm³/mol. The lowest BCUT2D eigenvalue weighted by Crippen LogP contribution is -2.46. The fourth-order valence-corrected chi connectivity index (χ4v) is 3.07. The molecule has 1 amide bonds. The van der Waals surface area contributed by atoms with Gasteiger partial charge in [-0.3, -0.25) is 14.4 Å². The number of nitrogens with one attached hydrogen (secondary N) is 1. The number of ether oxygens (including phenoxy) is 1. The molecular weight excluding hydrogens is 361 g/mol. The second-order valence-electron chi connectivity index (χ2n) is 6.58. The number of carbonyl (C=O) groups excluding carboxylic acids is 1. The first-order valence-corrected chi connectivity index (χ1v) is 8.58. The predicted octanol–water partition coefficient (Wildman–Crippen LogP) is 2.32. The molecule has 0 bridgehead atoms. The summed E-state index contributed by atoms with van der Waals surface area (Å²) < 4.78 is 45.8. The van der Waals surface area contributed by atoms with E-state index in [1.165, 1.54) is 6.07 Å². The molecule has 27 heavy (non-hydrogen) atoms. The molecule has 1 aliphatic rings. The minimum atomic E-state index is -4.36. The Hall–Kier alpha value is -2.39. The molecule has 0 spiro atoms. The summed E-state index contributed by atoms with van der Waals surface area (Å²) in [5.41, 5.74) is 0.524. The van der Waals surface area contributed by atoms with Crippen molar-refractivity contribution in [2.24, 2.45) is 7.05 Å². The molecule has 0 radical (unpaired) electrons. The van der Waals surface area contributed by atoms with Crippen LogP contribution >= 0.6 is 0 Å². The number of aryl methyl sites for hydroxylation is 1. The number of hydrogen-bond donors (Lipinski definition) is 1. The van der Waals surface area contributed by atoms with E-state index in [0.717, 1.165) is 12.1 Å². The highest BCUT2D eigenvalue weighted by Gasteiger charge is 2.31. The molecule has 1 aromatic heterocycles. The monoisotopic (exact) mass is 382 g/mol. The van der Waals surface area contributed by atoms with Crippen LogP contribution in [0.1, 0.15) is 11.1 Å². The van der Waals surface area contributed by atoms with Crippen LogP contribution in [0.15, 0.2) is 36.7 Å². The summed E-state index contributed by atoms with van der Waals surface area (Å²) in [6.45, 7) is 1.71. The highest BCUT2D eigenvalue weighted by molar-refractivity contribution is 5.91. The Morgan fingerprint density at radius 2 is 2.22 bits per heavy atom. The lowest BCUT2D eigenvalue weighted by atomic mass is 10.0. The Morgan fingerprint density at radius 1 is 1.41 bits per heavy atom. The molecule has 1 N–H and O–H groups in total. The van der Waals surface area contributed by atoms with Crippen molar-refractivity contribution in [3.8, 4) is 0 Å². The number of amides is 1. The van der Waals surface area contributed by atoms with Crippen LogP contribution in [-0.2, 0) is 29.2 Å². The Kier molecular flexibility index (Phi) is 5.81. The Balaban J connectivity index is 1.54. The molecule has 2 heterocycles. The van der Waals surface area contributed by atoms with Crippen molar-refractivity contribution in [1.82, 2.24) is 14.7 Å². The second-order valence-corrected chi connectivity index (χ2v) is 6.58. The third-order valence-corrected chi connectivity index (χ3v) is 4.30. The SMILES string of the molecule is Cn1cc(NC(=O)CN2CCO[C@@H](Cc3cccc(C(F)(F)F)c3)C2)cn1. The zero-order valence-electron chi connectivity index (χ0n) is 14.9. The van der Waals surface area contributed by atoms with Gasteiger partial charge in [0.05, 0.1) is 36.7 Å². The van der Waals surface area contributed by atoms with E-state index in [2.05, 4.69) is 10.4 Å². The van der Waals surface area contributed by atoms with Gasteiger partial charge in [0.25, 0.3) is 0 Å². The lowest BCUT2D eigenvalue weighted by Gasteiger charge is -2.32. The second kappa shape index (κ2) is 8.10. The summed E-state index contributed by atoms with van der Waals surface area (Å²) in [4.78, 5) is 14.1. The summed E-state index contributed by atoms with van der Waals surface area (Å²) in [6, 6.07) is 5.27. The van der Waals surface area contributed by atoms with Crippen LogP contribution in [0.3, 0.4) is 0 Å². The van der Waals surface area contributed by atoms with Crippen molar-refractivity contribution in [3.05, 3.63) is 47.8 Å². The fraction of sp³-hybridized carbons (Fsp3) is 0.444. The van der Waals surface area contributed by atoms with Gasteiger partial charge >= 0.3 is 6.18 Å². The Bertz CT molecular complexity index is 791. The van der Waals surface area contributed by atoms with Crippen molar-refractivity contribution < 1.29 is 22.7 Å². The van der Waals surface area contributed by atoms with Gasteiger partial charge < -0.3 is 10.1 Å². The average Bonchev–Trinajstić information content (AvgIpc) is 2.99. The largest absolute Gasteiger partial charge is 0.416 e. The number of benzene rings is 1. The molecule has 1 fully saturated rings. The van der Waals surface area contributed by atoms with E-state index in [1.807, 2.05) is 4.90 Å². The first kappa shape index (κ1) is 19.4. The van der Waals surface area contributed by atoms with Gasteiger partial charge in [0, 0.05) is 26.3 Å². The first-order valence-electron chi connectivity index (χ1n) is 8.58. The van der Waals surface area contributed by atoms with Crippen molar-refractivity contribution in [1.29, 1.82) is 0 Å². The molecule has 9 heteroatoms. The average molecular weight is 382 g/mol. The molecule has 3 rings (SSSR count). The van der Waals surface area contributed by atoms with Crippen LogP contribution in [0, 0.1) is 0 Å². The van der Waals surface area contributed by atoms with Gasteiger partial charge in [-0.05, 0) is 18.1 Å². The van der Waals surface area contributed by atoms with Crippen molar-refractivity contribution in [2.75, 3.05) is 31.6 Å². The molecule has 6 nitrogen and oxygen atoms in total. The van der Waals surface area contributed by atoms with E-state index in [-0.39, 0.29) is 18.6 Å². The Morgan fingerprint density at radius 3 is 2.93 bits per heavy atom. The molecule has 0 unspecified atom stereocenters. The van der Waals surface area contributed by atoms with Gasteiger partial charge in [0.2, 0.25) is 5.91 Å². The van der Waals surface area contributed by atoms with E-state index < -0.39 is 11.7 Å². The molecule has 146 valence electrons. The summed E-state index contributed by atoms with van der Waals surface area (Å²) in [6.07, 6.45) is -0.986. The number of nitrogens with zero attached hydrogens (tertiary/aromatic N) is 3. The summed E-state index contributed by atoms with van der Waals surface area (Å²) in [5, 5.41) is 6.76. The summed E-state index contributed by atoms with van der Waals surface area (Å²) in [5.74, 6) is -0.164. The van der Waals surface area contributed by atoms with Gasteiger partial charge in [-0.15, -0.1) is 0 Å². The van der Waals surface area contributed by atoms with Crippen LogP contribution in [0.25, 0.3) is 0 Å². The smallest absolute Gasteiger partial charge is 0.375 e. The molecule has 0 aliphatic carbocycles. The molecule has 2 aromatic rings. The minimum Gasteiger partial charge on any atom is -0.375 e. The van der Waals surface area contributed by atoms with E-state index in [1.54, 1.807) is 30.2 Å². The third-order valence-electron chi connectivity index (χ3n) is 4.30. The number of rotatable bonds is 5. The van der Waals surface area contributed by atoms with Crippen molar-refractivity contribution in [3.63, 3.8) is 0 Å². The van der Waals surface area contributed by atoms with Crippen LogP contribution in [0.5, 0.6) is 0 Å². The van der Waals surface area contributed by atoms with E-state index in [0.29, 0.717) is 37.4 Å². The number of alkyl halides is 3. The van der Waals surface area contributed by atoms with Crippen molar-refractivity contribution >= 4 is 11.6 Å². The molecule has 1 atom stereocenters. The fourth-order valence-electron chi connectivity index (χ4n) is 3.07. The van der Waals surface area contributed by atoms with Gasteiger partial charge in [-0.2, -0.15) is 18.3 Å². The molecule has 1 saturated heterocycles. The van der Waals surface area contributed by atoms with Crippen LogP contribution in [0.2, 0.25) is 0 Å². The maximum Gasteiger partial charge on any atom is 0.416 e.